The molecule has 1 aromatic carbocycles. The molecule has 92 valence electrons. The molecule has 4 nitrogen and oxygen atoms in total. The van der Waals surface area contributed by atoms with Crippen LogP contribution in [0.4, 0.5) is 0 Å². The van der Waals surface area contributed by atoms with Crippen molar-refractivity contribution in [1.82, 2.24) is 4.98 Å². The zero-order chi connectivity index (χ0) is 12.5. The van der Waals surface area contributed by atoms with Crippen LogP contribution in [0.2, 0.25) is 0 Å². The maximum Gasteiger partial charge on any atom is 0.337 e. The molecular weight excluding hydrogens is 250 g/mol. The minimum atomic E-state index is -0.942. The Balaban J connectivity index is 2.10. The molecule has 18 heavy (non-hydrogen) atoms. The van der Waals surface area contributed by atoms with Crippen molar-refractivity contribution in [2.24, 2.45) is 0 Å². The highest BCUT2D eigenvalue weighted by Crippen LogP contribution is 2.33. The van der Waals surface area contributed by atoms with E-state index < -0.39 is 5.97 Å². The first-order chi connectivity index (χ1) is 8.75. The van der Waals surface area contributed by atoms with Gasteiger partial charge in [-0.1, -0.05) is 36.0 Å². The van der Waals surface area contributed by atoms with Crippen LogP contribution in [0.5, 0.6) is 0 Å². The van der Waals surface area contributed by atoms with Gasteiger partial charge in [-0.2, -0.15) is 0 Å². The Labute approximate surface area is 108 Å². The Kier molecular flexibility index (Phi) is 2.93. The van der Waals surface area contributed by atoms with E-state index in [1.807, 2.05) is 24.3 Å². The highest BCUT2D eigenvalue weighted by molar-refractivity contribution is 8.00. The minimum Gasteiger partial charge on any atom is -0.478 e. The topological polar surface area (TPSA) is 59.4 Å². The van der Waals surface area contributed by atoms with Crippen LogP contribution < -0.4 is 0 Å². The molecule has 0 atom stereocenters. The second kappa shape index (κ2) is 4.59. The lowest BCUT2D eigenvalue weighted by atomic mass is 10.1. The number of hydrogen-bond donors (Lipinski definition) is 1. The van der Waals surface area contributed by atoms with Crippen molar-refractivity contribution >= 4 is 28.5 Å². The molecule has 0 unspecified atom stereocenters. The van der Waals surface area contributed by atoms with Gasteiger partial charge in [0.05, 0.1) is 24.0 Å². The average molecular weight is 261 g/mol. The second-order valence-corrected chi connectivity index (χ2v) is 5.39. The molecule has 0 radical (unpaired) electrons. The van der Waals surface area contributed by atoms with E-state index in [2.05, 4.69) is 4.98 Å². The molecule has 0 bridgehead atoms. The van der Waals surface area contributed by atoms with Crippen molar-refractivity contribution in [3.8, 4) is 0 Å². The van der Waals surface area contributed by atoms with E-state index in [-0.39, 0.29) is 5.56 Å². The van der Waals surface area contributed by atoms with E-state index in [1.54, 1.807) is 11.8 Å². The quantitative estimate of drug-likeness (QED) is 0.919. The maximum absolute atomic E-state index is 11.1. The number of nitrogens with zero attached hydrogens (tertiary/aromatic N) is 1. The molecule has 0 saturated carbocycles. The molecule has 2 aromatic rings. The lowest BCUT2D eigenvalue weighted by Gasteiger charge is -2.25. The molecule has 3 rings (SSSR count). The second-order valence-electron chi connectivity index (χ2n) is 4.11. The first-order valence-corrected chi connectivity index (χ1v) is 6.49. The fourth-order valence-corrected chi connectivity index (χ4v) is 2.93. The molecule has 1 aliphatic heterocycles. The van der Waals surface area contributed by atoms with Gasteiger partial charge in [-0.15, -0.1) is 0 Å². The van der Waals surface area contributed by atoms with Crippen molar-refractivity contribution in [1.29, 1.82) is 0 Å². The van der Waals surface area contributed by atoms with Gasteiger partial charge in [0.2, 0.25) is 0 Å². The molecule has 1 aliphatic rings. The number of carbonyl (C=O) groups is 1. The standard InChI is InChI=1S/C13H11NO3S/c15-13(16)11-5-14-12(18-8-6-17-7-8)10-4-2-1-3-9(10)11/h1-5,8H,6-7H2,(H,15,16). The number of aromatic carboxylic acids is 1. The summed E-state index contributed by atoms with van der Waals surface area (Å²) in [6.45, 7) is 1.47. The largest absolute Gasteiger partial charge is 0.478 e. The SMILES string of the molecule is O=C(O)c1cnc(SC2COC2)c2ccccc12. The molecular formula is C13H11NO3S. The Hall–Kier alpha value is -1.59. The van der Waals surface area contributed by atoms with Gasteiger partial charge in [-0.05, 0) is 0 Å². The summed E-state index contributed by atoms with van der Waals surface area (Å²) in [7, 11) is 0. The maximum atomic E-state index is 11.1. The average Bonchev–Trinajstić information content (AvgIpc) is 2.33. The number of aromatic nitrogens is 1. The number of ether oxygens (including phenoxy) is 1. The third-order valence-electron chi connectivity index (χ3n) is 2.87. The van der Waals surface area contributed by atoms with Crippen LogP contribution in [-0.2, 0) is 4.74 Å². The number of hydrogen-bond acceptors (Lipinski definition) is 4. The molecule has 0 amide bonds. The molecule has 1 aromatic heterocycles. The Morgan fingerprint density at radius 3 is 2.67 bits per heavy atom. The number of rotatable bonds is 3. The number of carboxylic acids is 1. The van der Waals surface area contributed by atoms with Crippen LogP contribution in [0.15, 0.2) is 35.5 Å². The summed E-state index contributed by atoms with van der Waals surface area (Å²) in [5, 5.41) is 12.1. The molecule has 0 spiro atoms. The van der Waals surface area contributed by atoms with Crippen molar-refractivity contribution in [2.45, 2.75) is 10.3 Å². The zero-order valence-electron chi connectivity index (χ0n) is 9.50. The van der Waals surface area contributed by atoms with E-state index in [4.69, 9.17) is 9.84 Å². The Morgan fingerprint density at radius 2 is 2.06 bits per heavy atom. The van der Waals surface area contributed by atoms with E-state index >= 15 is 0 Å². The fraction of sp³-hybridized carbons (Fsp3) is 0.231. The molecule has 1 N–H and O–H groups in total. The van der Waals surface area contributed by atoms with Gasteiger partial charge in [0, 0.05) is 17.0 Å². The van der Waals surface area contributed by atoms with Crippen molar-refractivity contribution in [3.05, 3.63) is 36.0 Å². The lowest BCUT2D eigenvalue weighted by molar-refractivity contribution is 0.0455. The first kappa shape index (κ1) is 11.5. The summed E-state index contributed by atoms with van der Waals surface area (Å²) in [6.07, 6.45) is 1.44. The van der Waals surface area contributed by atoms with Gasteiger partial charge in [-0.3, -0.25) is 0 Å². The number of benzene rings is 1. The number of carboxylic acid groups (broad SMARTS) is 1. The lowest BCUT2D eigenvalue weighted by Crippen LogP contribution is -2.30. The normalized spacial score (nSPS) is 15.6. The van der Waals surface area contributed by atoms with Crippen molar-refractivity contribution in [2.75, 3.05) is 13.2 Å². The van der Waals surface area contributed by atoms with Crippen molar-refractivity contribution < 1.29 is 14.6 Å². The highest BCUT2D eigenvalue weighted by atomic mass is 32.2. The monoisotopic (exact) mass is 261 g/mol. The minimum absolute atomic E-state index is 0.250. The number of pyridine rings is 1. The third-order valence-corrected chi connectivity index (χ3v) is 4.03. The summed E-state index contributed by atoms with van der Waals surface area (Å²) in [4.78, 5) is 15.4. The smallest absolute Gasteiger partial charge is 0.337 e. The van der Waals surface area contributed by atoms with Crippen LogP contribution in [0.25, 0.3) is 10.8 Å². The molecule has 1 saturated heterocycles. The van der Waals surface area contributed by atoms with Gasteiger partial charge >= 0.3 is 5.97 Å². The molecule has 0 aliphatic carbocycles. The summed E-state index contributed by atoms with van der Waals surface area (Å²) >= 11 is 1.65. The highest BCUT2D eigenvalue weighted by Gasteiger charge is 2.22. The van der Waals surface area contributed by atoms with E-state index in [9.17, 15) is 4.79 Å². The van der Waals surface area contributed by atoms with Crippen LogP contribution in [-0.4, -0.2) is 34.5 Å². The van der Waals surface area contributed by atoms with Crippen LogP contribution in [0, 0.1) is 0 Å². The Morgan fingerprint density at radius 1 is 1.33 bits per heavy atom. The van der Waals surface area contributed by atoms with Gasteiger partial charge in [-0.25, -0.2) is 9.78 Å². The first-order valence-electron chi connectivity index (χ1n) is 5.61. The van der Waals surface area contributed by atoms with Gasteiger partial charge in [0.1, 0.15) is 5.03 Å². The number of thioether (sulfide) groups is 1. The summed E-state index contributed by atoms with van der Waals surface area (Å²) in [6, 6.07) is 7.48. The van der Waals surface area contributed by atoms with E-state index in [0.717, 1.165) is 29.0 Å². The van der Waals surface area contributed by atoms with Crippen molar-refractivity contribution in [3.63, 3.8) is 0 Å². The van der Waals surface area contributed by atoms with E-state index in [1.165, 1.54) is 6.20 Å². The summed E-state index contributed by atoms with van der Waals surface area (Å²) < 4.78 is 5.14. The Bertz CT molecular complexity index is 610. The number of fused-ring (bicyclic) bond motifs is 1. The van der Waals surface area contributed by atoms with Crippen LogP contribution >= 0.6 is 11.8 Å². The summed E-state index contributed by atoms with van der Waals surface area (Å²) in [5.74, 6) is -0.942. The van der Waals surface area contributed by atoms with Gasteiger partial charge in [0.15, 0.2) is 0 Å². The third kappa shape index (κ3) is 1.95. The summed E-state index contributed by atoms with van der Waals surface area (Å²) in [5.41, 5.74) is 0.250. The predicted octanol–water partition coefficient (Wildman–Crippen LogP) is 2.42. The van der Waals surface area contributed by atoms with Gasteiger partial charge < -0.3 is 9.84 Å². The molecule has 2 heterocycles. The van der Waals surface area contributed by atoms with E-state index in [0.29, 0.717) is 5.25 Å². The molecule has 1 fully saturated rings. The van der Waals surface area contributed by atoms with Crippen LogP contribution in [0.3, 0.4) is 0 Å². The van der Waals surface area contributed by atoms with Gasteiger partial charge in [0.25, 0.3) is 0 Å². The fourth-order valence-electron chi connectivity index (χ4n) is 1.87. The predicted molar refractivity (Wildman–Crippen MR) is 69.2 cm³/mol. The molecule has 5 heteroatoms. The zero-order valence-corrected chi connectivity index (χ0v) is 10.3. The van der Waals surface area contributed by atoms with Crippen LogP contribution in [0.1, 0.15) is 10.4 Å².